The van der Waals surface area contributed by atoms with Crippen molar-refractivity contribution in [2.75, 3.05) is 12.8 Å². The summed E-state index contributed by atoms with van der Waals surface area (Å²) in [6.45, 7) is 0. The second-order valence-electron chi connectivity index (χ2n) is 2.69. The average molecular weight is 203 g/mol. The summed E-state index contributed by atoms with van der Waals surface area (Å²) in [5.41, 5.74) is 0.443. The largest absolute Gasteiger partial charge is 0.312 e. The van der Waals surface area contributed by atoms with Crippen LogP contribution in [0.25, 0.3) is 0 Å². The van der Waals surface area contributed by atoms with Crippen LogP contribution >= 0.6 is 12.6 Å². The van der Waals surface area contributed by atoms with E-state index in [9.17, 15) is 8.78 Å². The highest BCUT2D eigenvalue weighted by molar-refractivity contribution is 7.80. The Bertz CT molecular complexity index is 287. The molecule has 0 radical (unpaired) electrons. The van der Waals surface area contributed by atoms with E-state index in [1.165, 1.54) is 12.1 Å². The van der Waals surface area contributed by atoms with Crippen LogP contribution in [-0.2, 0) is 0 Å². The first kappa shape index (κ1) is 10.5. The van der Waals surface area contributed by atoms with Crippen LogP contribution in [0, 0.1) is 11.6 Å². The van der Waals surface area contributed by atoms with Gasteiger partial charge in [-0.1, -0.05) is 6.07 Å². The molecule has 1 unspecified atom stereocenters. The van der Waals surface area contributed by atoms with Gasteiger partial charge in [-0.25, -0.2) is 8.78 Å². The van der Waals surface area contributed by atoms with Crippen molar-refractivity contribution < 1.29 is 8.78 Å². The molecule has 0 bridgehead atoms. The van der Waals surface area contributed by atoms with E-state index in [2.05, 4.69) is 17.9 Å². The van der Waals surface area contributed by atoms with Gasteiger partial charge in [-0.15, -0.1) is 0 Å². The van der Waals surface area contributed by atoms with Gasteiger partial charge in [-0.2, -0.15) is 12.6 Å². The van der Waals surface area contributed by atoms with E-state index in [1.807, 2.05) is 0 Å². The summed E-state index contributed by atoms with van der Waals surface area (Å²) in [6.07, 6.45) is 0. The molecular weight excluding hydrogens is 192 g/mol. The highest BCUT2D eigenvalue weighted by Crippen LogP contribution is 2.18. The highest BCUT2D eigenvalue weighted by atomic mass is 32.1. The summed E-state index contributed by atoms with van der Waals surface area (Å²) in [5.74, 6) is -0.623. The summed E-state index contributed by atoms with van der Waals surface area (Å²) in [4.78, 5) is 0. The number of hydrogen-bond acceptors (Lipinski definition) is 2. The van der Waals surface area contributed by atoms with Gasteiger partial charge in [0.2, 0.25) is 0 Å². The fourth-order valence-electron chi connectivity index (χ4n) is 1.13. The summed E-state index contributed by atoms with van der Waals surface area (Å²) in [5, 5.41) is 2.89. The van der Waals surface area contributed by atoms with Crippen molar-refractivity contribution >= 4 is 12.6 Å². The van der Waals surface area contributed by atoms with E-state index >= 15 is 0 Å². The highest BCUT2D eigenvalue weighted by Gasteiger charge is 2.12. The summed E-state index contributed by atoms with van der Waals surface area (Å²) >= 11 is 4.06. The molecule has 1 aromatic rings. The second-order valence-corrected chi connectivity index (χ2v) is 3.05. The minimum Gasteiger partial charge on any atom is -0.312 e. The van der Waals surface area contributed by atoms with E-state index in [1.54, 1.807) is 7.05 Å². The third-order valence-electron chi connectivity index (χ3n) is 1.87. The maximum absolute atomic E-state index is 13.2. The van der Waals surface area contributed by atoms with E-state index in [0.717, 1.165) is 6.07 Å². The van der Waals surface area contributed by atoms with Crippen molar-refractivity contribution in [2.24, 2.45) is 0 Å². The standard InChI is InChI=1S/C9H11F2NS/c1-12-9(5-13)7-3-2-6(10)4-8(7)11/h2-4,9,12-13H,5H2,1H3. The van der Waals surface area contributed by atoms with Crippen molar-refractivity contribution in [3.8, 4) is 0 Å². The number of rotatable bonds is 3. The van der Waals surface area contributed by atoms with Crippen LogP contribution in [0.3, 0.4) is 0 Å². The Morgan fingerprint density at radius 1 is 1.46 bits per heavy atom. The van der Waals surface area contributed by atoms with Crippen LogP contribution in [0.2, 0.25) is 0 Å². The summed E-state index contributed by atoms with van der Waals surface area (Å²) < 4.78 is 25.7. The molecule has 0 aliphatic rings. The van der Waals surface area contributed by atoms with Gasteiger partial charge in [0.05, 0.1) is 0 Å². The van der Waals surface area contributed by atoms with Gasteiger partial charge < -0.3 is 5.32 Å². The quantitative estimate of drug-likeness (QED) is 0.717. The van der Waals surface area contributed by atoms with Crippen LogP contribution in [-0.4, -0.2) is 12.8 Å². The monoisotopic (exact) mass is 203 g/mol. The van der Waals surface area contributed by atoms with Crippen molar-refractivity contribution in [2.45, 2.75) is 6.04 Å². The Kier molecular flexibility index (Phi) is 3.69. The van der Waals surface area contributed by atoms with Crippen molar-refractivity contribution in [1.29, 1.82) is 0 Å². The normalized spacial score (nSPS) is 12.9. The molecule has 1 nitrogen and oxygen atoms in total. The maximum atomic E-state index is 13.2. The fraction of sp³-hybridized carbons (Fsp3) is 0.333. The molecule has 0 aliphatic carbocycles. The number of halogens is 2. The van der Waals surface area contributed by atoms with Gasteiger partial charge in [0.25, 0.3) is 0 Å². The molecule has 1 atom stereocenters. The molecule has 1 aromatic carbocycles. The second kappa shape index (κ2) is 4.58. The van der Waals surface area contributed by atoms with Gasteiger partial charge in [-0.05, 0) is 13.1 Å². The summed E-state index contributed by atoms with van der Waals surface area (Å²) in [7, 11) is 1.71. The molecule has 0 amide bonds. The first-order valence-electron chi connectivity index (χ1n) is 3.92. The molecule has 0 heterocycles. The van der Waals surface area contributed by atoms with Crippen molar-refractivity contribution in [1.82, 2.24) is 5.32 Å². The molecule has 0 fully saturated rings. The Hall–Kier alpha value is -0.610. The number of benzene rings is 1. The van der Waals surface area contributed by atoms with Gasteiger partial charge >= 0.3 is 0 Å². The van der Waals surface area contributed by atoms with E-state index in [0.29, 0.717) is 11.3 Å². The molecule has 72 valence electrons. The third-order valence-corrected chi connectivity index (χ3v) is 2.23. The van der Waals surface area contributed by atoms with Crippen LogP contribution in [0.15, 0.2) is 18.2 Å². The lowest BCUT2D eigenvalue weighted by Crippen LogP contribution is -2.19. The fourth-order valence-corrected chi connectivity index (χ4v) is 1.51. The minimum atomic E-state index is -0.560. The van der Waals surface area contributed by atoms with E-state index < -0.39 is 11.6 Å². The van der Waals surface area contributed by atoms with E-state index in [4.69, 9.17) is 0 Å². The zero-order valence-electron chi connectivity index (χ0n) is 7.22. The van der Waals surface area contributed by atoms with Gasteiger partial charge in [-0.3, -0.25) is 0 Å². The maximum Gasteiger partial charge on any atom is 0.130 e. The predicted octanol–water partition coefficient (Wildman–Crippen LogP) is 2.16. The predicted molar refractivity (Wildman–Crippen MR) is 52.0 cm³/mol. The van der Waals surface area contributed by atoms with E-state index in [-0.39, 0.29) is 6.04 Å². The molecule has 1 N–H and O–H groups in total. The first-order valence-corrected chi connectivity index (χ1v) is 4.55. The lowest BCUT2D eigenvalue weighted by Gasteiger charge is -2.14. The molecule has 0 saturated carbocycles. The molecule has 0 aliphatic heterocycles. The van der Waals surface area contributed by atoms with Crippen LogP contribution < -0.4 is 5.32 Å². The van der Waals surface area contributed by atoms with Crippen LogP contribution in [0.1, 0.15) is 11.6 Å². The SMILES string of the molecule is CNC(CS)c1ccc(F)cc1F. The molecule has 4 heteroatoms. The Morgan fingerprint density at radius 2 is 2.15 bits per heavy atom. The Labute approximate surface area is 81.6 Å². The molecule has 0 aromatic heterocycles. The molecule has 1 rings (SSSR count). The Balaban J connectivity index is 2.99. The number of nitrogens with one attached hydrogen (secondary N) is 1. The van der Waals surface area contributed by atoms with Gasteiger partial charge in [0.1, 0.15) is 11.6 Å². The number of thiol groups is 1. The first-order chi connectivity index (χ1) is 6.19. The topological polar surface area (TPSA) is 12.0 Å². The zero-order chi connectivity index (χ0) is 9.84. The third kappa shape index (κ3) is 2.42. The summed E-state index contributed by atoms with van der Waals surface area (Å²) in [6, 6.07) is 3.38. The zero-order valence-corrected chi connectivity index (χ0v) is 8.11. The van der Waals surface area contributed by atoms with Crippen LogP contribution in [0.5, 0.6) is 0 Å². The molecule has 13 heavy (non-hydrogen) atoms. The molecular formula is C9H11F2NS. The minimum absolute atomic E-state index is 0.177. The molecule has 0 spiro atoms. The van der Waals surface area contributed by atoms with Crippen LogP contribution in [0.4, 0.5) is 8.78 Å². The Morgan fingerprint density at radius 3 is 2.62 bits per heavy atom. The average Bonchev–Trinajstić information content (AvgIpc) is 2.10. The smallest absolute Gasteiger partial charge is 0.130 e. The number of hydrogen-bond donors (Lipinski definition) is 2. The van der Waals surface area contributed by atoms with Gasteiger partial charge in [0.15, 0.2) is 0 Å². The van der Waals surface area contributed by atoms with Crippen molar-refractivity contribution in [3.63, 3.8) is 0 Å². The lowest BCUT2D eigenvalue weighted by atomic mass is 10.1. The van der Waals surface area contributed by atoms with Gasteiger partial charge in [0, 0.05) is 23.4 Å². The van der Waals surface area contributed by atoms with Crippen molar-refractivity contribution in [3.05, 3.63) is 35.4 Å². The molecule has 0 saturated heterocycles. The lowest BCUT2D eigenvalue weighted by molar-refractivity contribution is 0.545.